The molecule has 4 rings (SSSR count). The molecule has 0 bridgehead atoms. The normalized spacial score (nSPS) is 14.9. The first-order valence-electron chi connectivity index (χ1n) is 9.04. The summed E-state index contributed by atoms with van der Waals surface area (Å²) in [4.78, 5) is 5.01. The van der Waals surface area contributed by atoms with Crippen LogP contribution >= 0.6 is 15.9 Å². The summed E-state index contributed by atoms with van der Waals surface area (Å²) >= 11 is 3.56. The van der Waals surface area contributed by atoms with Crippen LogP contribution < -0.4 is 9.80 Å². The monoisotopic (exact) mass is 406 g/mol. The largest absolute Gasteiger partial charge is 0.346 e. The minimum absolute atomic E-state index is 0.202. The van der Waals surface area contributed by atoms with E-state index in [-0.39, 0.29) is 6.17 Å². The van der Waals surface area contributed by atoms with Crippen molar-refractivity contribution >= 4 is 27.3 Å². The maximum absolute atomic E-state index is 3.56. The van der Waals surface area contributed by atoms with Gasteiger partial charge < -0.3 is 9.80 Å². The summed E-state index contributed by atoms with van der Waals surface area (Å²) in [7, 11) is 0. The van der Waals surface area contributed by atoms with Gasteiger partial charge in [0.1, 0.15) is 6.17 Å². The Balaban J connectivity index is 1.75. The number of hydrogen-bond acceptors (Lipinski definition) is 2. The summed E-state index contributed by atoms with van der Waals surface area (Å²) in [6, 6.07) is 26.4. The van der Waals surface area contributed by atoms with Crippen LogP contribution in [0.5, 0.6) is 0 Å². The third-order valence-corrected chi connectivity index (χ3v) is 5.60. The van der Waals surface area contributed by atoms with E-state index in [1.807, 2.05) is 0 Å². The number of benzene rings is 3. The lowest BCUT2D eigenvalue weighted by Gasteiger charge is -2.33. The van der Waals surface area contributed by atoms with Crippen molar-refractivity contribution in [1.29, 1.82) is 0 Å². The zero-order chi connectivity index (χ0) is 18.1. The number of anilines is 2. The Bertz CT molecular complexity index is 816. The molecular weight excluding hydrogens is 384 g/mol. The van der Waals surface area contributed by atoms with Crippen LogP contribution in [0.3, 0.4) is 0 Å². The fourth-order valence-corrected chi connectivity index (χ4v) is 3.90. The van der Waals surface area contributed by atoms with Gasteiger partial charge in [0.2, 0.25) is 0 Å². The number of halogens is 1. The summed E-state index contributed by atoms with van der Waals surface area (Å²) in [5, 5.41) is 0. The van der Waals surface area contributed by atoms with Crippen molar-refractivity contribution in [3.8, 4) is 0 Å². The van der Waals surface area contributed by atoms with E-state index >= 15 is 0 Å². The molecule has 0 atom stereocenters. The first kappa shape index (κ1) is 17.2. The van der Waals surface area contributed by atoms with Gasteiger partial charge in [-0.05, 0) is 55.8 Å². The number of hydrogen-bond donors (Lipinski definition) is 0. The van der Waals surface area contributed by atoms with Gasteiger partial charge in [-0.1, -0.05) is 63.5 Å². The summed E-state index contributed by atoms with van der Waals surface area (Å²) in [5.41, 5.74) is 6.45. The lowest BCUT2D eigenvalue weighted by molar-refractivity contribution is 0.717. The van der Waals surface area contributed by atoms with Gasteiger partial charge in [-0.3, -0.25) is 0 Å². The van der Waals surface area contributed by atoms with Crippen LogP contribution in [0.15, 0.2) is 77.3 Å². The van der Waals surface area contributed by atoms with Gasteiger partial charge in [0.05, 0.1) is 0 Å². The topological polar surface area (TPSA) is 6.48 Å². The van der Waals surface area contributed by atoms with Gasteiger partial charge in [0.25, 0.3) is 0 Å². The van der Waals surface area contributed by atoms with Crippen LogP contribution in [-0.2, 0) is 0 Å². The van der Waals surface area contributed by atoms with Gasteiger partial charge in [0, 0.05) is 28.9 Å². The second kappa shape index (κ2) is 7.16. The molecule has 132 valence electrons. The molecule has 0 spiro atoms. The van der Waals surface area contributed by atoms with Crippen molar-refractivity contribution in [2.75, 3.05) is 22.9 Å². The van der Waals surface area contributed by atoms with E-state index in [1.165, 1.54) is 28.1 Å². The van der Waals surface area contributed by atoms with Gasteiger partial charge >= 0.3 is 0 Å². The Labute approximate surface area is 164 Å². The molecule has 0 aromatic heterocycles. The van der Waals surface area contributed by atoms with Crippen LogP contribution in [0.4, 0.5) is 11.4 Å². The molecule has 1 aliphatic rings. The molecule has 1 aliphatic heterocycles. The highest BCUT2D eigenvalue weighted by Crippen LogP contribution is 2.38. The standard InChI is InChI=1S/C23H23BrN2/c1-17-3-11-21(12-4-17)25-15-16-26(22-13-5-18(2)6-14-22)23(25)19-7-9-20(24)10-8-19/h3-14,23H,15-16H2,1-2H3. The fourth-order valence-electron chi connectivity index (χ4n) is 3.64. The third-order valence-electron chi connectivity index (χ3n) is 5.07. The van der Waals surface area contributed by atoms with Gasteiger partial charge in [-0.25, -0.2) is 0 Å². The molecule has 2 nitrogen and oxygen atoms in total. The van der Waals surface area contributed by atoms with E-state index in [0.29, 0.717) is 0 Å². The van der Waals surface area contributed by atoms with Crippen LogP contribution in [0.2, 0.25) is 0 Å². The molecule has 1 heterocycles. The molecule has 0 N–H and O–H groups in total. The van der Waals surface area contributed by atoms with E-state index < -0.39 is 0 Å². The van der Waals surface area contributed by atoms with Gasteiger partial charge in [-0.2, -0.15) is 0 Å². The first-order valence-corrected chi connectivity index (χ1v) is 9.83. The Morgan fingerprint density at radius 3 is 1.50 bits per heavy atom. The Hall–Kier alpha value is -2.26. The molecule has 0 unspecified atom stereocenters. The second-order valence-electron chi connectivity index (χ2n) is 6.98. The van der Waals surface area contributed by atoms with Crippen LogP contribution in [0.25, 0.3) is 0 Å². The van der Waals surface area contributed by atoms with E-state index in [4.69, 9.17) is 0 Å². The van der Waals surface area contributed by atoms with Crippen molar-refractivity contribution < 1.29 is 0 Å². The zero-order valence-corrected chi connectivity index (χ0v) is 16.8. The third kappa shape index (κ3) is 3.36. The Morgan fingerprint density at radius 1 is 0.654 bits per heavy atom. The molecule has 3 aromatic carbocycles. The highest BCUT2D eigenvalue weighted by atomic mass is 79.9. The average Bonchev–Trinajstić information content (AvgIpc) is 3.08. The quantitative estimate of drug-likeness (QED) is 0.518. The van der Waals surface area contributed by atoms with E-state index in [0.717, 1.165) is 17.6 Å². The summed E-state index contributed by atoms with van der Waals surface area (Å²) in [5.74, 6) is 0. The van der Waals surface area contributed by atoms with Gasteiger partial charge in [0.15, 0.2) is 0 Å². The molecule has 1 saturated heterocycles. The summed E-state index contributed by atoms with van der Waals surface area (Å²) < 4.78 is 1.11. The number of rotatable bonds is 3. The molecular formula is C23H23BrN2. The van der Waals surface area contributed by atoms with Crippen molar-refractivity contribution in [2.45, 2.75) is 20.0 Å². The maximum Gasteiger partial charge on any atom is 0.128 e. The minimum atomic E-state index is 0.202. The Kier molecular flexibility index (Phi) is 4.73. The molecule has 3 heteroatoms. The molecule has 0 aliphatic carbocycles. The minimum Gasteiger partial charge on any atom is -0.346 e. The van der Waals surface area contributed by atoms with Crippen LogP contribution in [-0.4, -0.2) is 13.1 Å². The van der Waals surface area contributed by atoms with Gasteiger partial charge in [-0.15, -0.1) is 0 Å². The highest BCUT2D eigenvalue weighted by molar-refractivity contribution is 9.10. The average molecular weight is 407 g/mol. The van der Waals surface area contributed by atoms with E-state index in [9.17, 15) is 0 Å². The molecule has 0 radical (unpaired) electrons. The predicted octanol–water partition coefficient (Wildman–Crippen LogP) is 6.09. The molecule has 0 saturated carbocycles. The molecule has 0 amide bonds. The van der Waals surface area contributed by atoms with Crippen molar-refractivity contribution in [3.05, 3.63) is 94.0 Å². The number of nitrogens with zero attached hydrogens (tertiary/aromatic N) is 2. The molecule has 1 fully saturated rings. The van der Waals surface area contributed by atoms with E-state index in [2.05, 4.69) is 112 Å². The fraction of sp³-hybridized carbons (Fsp3) is 0.217. The predicted molar refractivity (Wildman–Crippen MR) is 114 cm³/mol. The highest BCUT2D eigenvalue weighted by Gasteiger charge is 2.33. The number of aryl methyl sites for hydroxylation is 2. The van der Waals surface area contributed by atoms with Crippen LogP contribution in [0.1, 0.15) is 22.9 Å². The SMILES string of the molecule is Cc1ccc(N2CCN(c3ccc(C)cc3)C2c2ccc(Br)cc2)cc1. The lowest BCUT2D eigenvalue weighted by Crippen LogP contribution is -2.30. The molecule has 26 heavy (non-hydrogen) atoms. The van der Waals surface area contributed by atoms with Crippen molar-refractivity contribution in [1.82, 2.24) is 0 Å². The summed E-state index contributed by atoms with van der Waals surface area (Å²) in [6.45, 7) is 6.30. The first-order chi connectivity index (χ1) is 12.6. The smallest absolute Gasteiger partial charge is 0.128 e. The van der Waals surface area contributed by atoms with Crippen molar-refractivity contribution in [3.63, 3.8) is 0 Å². The van der Waals surface area contributed by atoms with Crippen LogP contribution in [0, 0.1) is 13.8 Å². The lowest BCUT2D eigenvalue weighted by atomic mass is 10.1. The molecule has 3 aromatic rings. The van der Waals surface area contributed by atoms with E-state index in [1.54, 1.807) is 0 Å². The van der Waals surface area contributed by atoms with Crippen molar-refractivity contribution in [2.24, 2.45) is 0 Å². The summed E-state index contributed by atoms with van der Waals surface area (Å²) in [6.07, 6.45) is 0.202. The maximum atomic E-state index is 3.56. The zero-order valence-electron chi connectivity index (χ0n) is 15.2. The Morgan fingerprint density at radius 2 is 1.08 bits per heavy atom. The second-order valence-corrected chi connectivity index (χ2v) is 7.90.